The Morgan fingerprint density at radius 3 is 2.47 bits per heavy atom. The molecule has 0 spiro atoms. The van der Waals surface area contributed by atoms with Gasteiger partial charge in [0, 0.05) is 4.47 Å². The molecule has 1 amide bonds. The Bertz CT molecular complexity index is 418. The fraction of sp³-hybridized carbons (Fsp3) is 0.200. The molecule has 1 aromatic rings. The average molecular weight is 285 g/mol. The molecule has 1 aliphatic heterocycles. The number of halogens is 1. The van der Waals surface area contributed by atoms with Gasteiger partial charge in [0.25, 0.3) is 5.91 Å². The van der Waals surface area contributed by atoms with Gasteiger partial charge in [-0.2, -0.15) is 0 Å². The first kappa shape index (κ1) is 10.6. The van der Waals surface area contributed by atoms with Crippen molar-refractivity contribution < 1.29 is 4.79 Å². The van der Waals surface area contributed by atoms with Crippen LogP contribution in [0.2, 0.25) is 0 Å². The summed E-state index contributed by atoms with van der Waals surface area (Å²) >= 11 is 8.44. The Morgan fingerprint density at radius 1 is 1.40 bits per heavy atom. The zero-order chi connectivity index (χ0) is 11.0. The van der Waals surface area contributed by atoms with Gasteiger partial charge in [0.2, 0.25) is 0 Å². The molecule has 1 unspecified atom stereocenters. The molecule has 15 heavy (non-hydrogen) atoms. The summed E-state index contributed by atoms with van der Waals surface area (Å²) in [4.78, 5) is 13.3. The van der Waals surface area contributed by atoms with Gasteiger partial charge < -0.3 is 5.32 Å². The molecule has 1 N–H and O–H groups in total. The van der Waals surface area contributed by atoms with Crippen LogP contribution in [0.15, 0.2) is 28.7 Å². The van der Waals surface area contributed by atoms with Crippen LogP contribution in [-0.4, -0.2) is 17.1 Å². The minimum atomic E-state index is -0.235. The van der Waals surface area contributed by atoms with Crippen LogP contribution >= 0.6 is 28.1 Å². The molecule has 0 radical (unpaired) electrons. The summed E-state index contributed by atoms with van der Waals surface area (Å²) in [6, 6.07) is 7.24. The van der Waals surface area contributed by atoms with Gasteiger partial charge in [-0.05, 0) is 43.4 Å². The summed E-state index contributed by atoms with van der Waals surface area (Å²) < 4.78 is 0.977. The van der Waals surface area contributed by atoms with Crippen molar-refractivity contribution in [3.05, 3.63) is 28.7 Å². The zero-order valence-corrected chi connectivity index (χ0v) is 10.4. The molecule has 3 nitrogen and oxygen atoms in total. The summed E-state index contributed by atoms with van der Waals surface area (Å²) in [5.41, 5.74) is 0.796. The van der Waals surface area contributed by atoms with Gasteiger partial charge >= 0.3 is 0 Å². The van der Waals surface area contributed by atoms with Crippen molar-refractivity contribution in [1.82, 2.24) is 5.32 Å². The largest absolute Gasteiger partial charge is 0.350 e. The number of nitrogens with one attached hydrogen (secondary N) is 1. The SMILES string of the molecule is CC1NC(=S)N(c2ccc(Br)cc2)C1=O. The van der Waals surface area contributed by atoms with Crippen molar-refractivity contribution in [2.75, 3.05) is 4.90 Å². The maximum atomic E-state index is 11.8. The number of hydrogen-bond acceptors (Lipinski definition) is 2. The molecule has 2 rings (SSSR count). The van der Waals surface area contributed by atoms with Crippen LogP contribution in [0.1, 0.15) is 6.92 Å². The molecular weight excluding hydrogens is 276 g/mol. The van der Waals surface area contributed by atoms with Crippen molar-refractivity contribution in [1.29, 1.82) is 0 Å². The summed E-state index contributed by atoms with van der Waals surface area (Å²) in [5.74, 6) is -0.0117. The van der Waals surface area contributed by atoms with Crippen molar-refractivity contribution >= 4 is 44.9 Å². The second kappa shape index (κ2) is 3.90. The molecule has 1 heterocycles. The van der Waals surface area contributed by atoms with Crippen LogP contribution in [0.25, 0.3) is 0 Å². The Morgan fingerprint density at radius 2 is 2.00 bits per heavy atom. The number of benzene rings is 1. The number of hydrogen-bond donors (Lipinski definition) is 1. The van der Waals surface area contributed by atoms with E-state index in [1.165, 1.54) is 4.90 Å². The standard InChI is InChI=1S/C10H9BrN2OS/c1-6-9(14)13(10(15)12-6)8-4-2-7(11)3-5-8/h2-6H,1H3,(H,12,15). The van der Waals surface area contributed by atoms with Crippen LogP contribution in [0.4, 0.5) is 5.69 Å². The number of carbonyl (C=O) groups excluding carboxylic acids is 1. The monoisotopic (exact) mass is 284 g/mol. The highest BCUT2D eigenvalue weighted by Crippen LogP contribution is 2.21. The lowest BCUT2D eigenvalue weighted by Gasteiger charge is -2.14. The number of anilines is 1. The Balaban J connectivity index is 2.35. The van der Waals surface area contributed by atoms with E-state index in [2.05, 4.69) is 21.2 Å². The van der Waals surface area contributed by atoms with E-state index >= 15 is 0 Å². The molecule has 0 aliphatic carbocycles. The first-order valence-electron chi connectivity index (χ1n) is 4.49. The van der Waals surface area contributed by atoms with Gasteiger partial charge in [0.1, 0.15) is 6.04 Å². The molecule has 1 saturated heterocycles. The smallest absolute Gasteiger partial charge is 0.255 e. The van der Waals surface area contributed by atoms with E-state index in [0.717, 1.165) is 10.2 Å². The maximum Gasteiger partial charge on any atom is 0.255 e. The highest BCUT2D eigenvalue weighted by Gasteiger charge is 2.33. The van der Waals surface area contributed by atoms with Crippen molar-refractivity contribution in [2.24, 2.45) is 0 Å². The second-order valence-corrected chi connectivity index (χ2v) is 4.62. The molecule has 0 bridgehead atoms. The molecule has 0 saturated carbocycles. The third kappa shape index (κ3) is 1.89. The van der Waals surface area contributed by atoms with Gasteiger partial charge in [-0.25, -0.2) is 0 Å². The predicted molar refractivity (Wildman–Crippen MR) is 66.8 cm³/mol. The van der Waals surface area contributed by atoms with E-state index in [4.69, 9.17) is 12.2 Å². The van der Waals surface area contributed by atoms with E-state index in [1.807, 2.05) is 24.3 Å². The van der Waals surface area contributed by atoms with Gasteiger partial charge in [0.05, 0.1) is 5.69 Å². The molecule has 0 aromatic heterocycles. The van der Waals surface area contributed by atoms with Crippen LogP contribution in [0, 0.1) is 0 Å². The molecule has 5 heteroatoms. The molecular formula is C10H9BrN2OS. The van der Waals surface area contributed by atoms with Crippen LogP contribution in [0.3, 0.4) is 0 Å². The minimum Gasteiger partial charge on any atom is -0.350 e. The van der Waals surface area contributed by atoms with Crippen molar-refractivity contribution in [3.8, 4) is 0 Å². The number of carbonyl (C=O) groups is 1. The summed E-state index contributed by atoms with van der Waals surface area (Å²) in [7, 11) is 0. The number of thiocarbonyl (C=S) groups is 1. The van der Waals surface area contributed by atoms with Crippen LogP contribution < -0.4 is 10.2 Å². The molecule has 78 valence electrons. The minimum absolute atomic E-state index is 0.0117. The van der Waals surface area contributed by atoms with E-state index in [9.17, 15) is 4.79 Å². The lowest BCUT2D eigenvalue weighted by atomic mass is 10.3. The number of rotatable bonds is 1. The lowest BCUT2D eigenvalue weighted by Crippen LogP contribution is -2.30. The zero-order valence-electron chi connectivity index (χ0n) is 8.03. The summed E-state index contributed by atoms with van der Waals surface area (Å²) in [6.45, 7) is 1.80. The van der Waals surface area contributed by atoms with Crippen molar-refractivity contribution in [2.45, 2.75) is 13.0 Å². The van der Waals surface area contributed by atoms with E-state index in [-0.39, 0.29) is 11.9 Å². The van der Waals surface area contributed by atoms with E-state index in [0.29, 0.717) is 5.11 Å². The molecule has 1 atom stereocenters. The topological polar surface area (TPSA) is 32.3 Å². The highest BCUT2D eigenvalue weighted by atomic mass is 79.9. The molecule has 1 fully saturated rings. The van der Waals surface area contributed by atoms with Gasteiger partial charge in [-0.3, -0.25) is 9.69 Å². The lowest BCUT2D eigenvalue weighted by molar-refractivity contribution is -0.117. The molecule has 1 aliphatic rings. The summed E-state index contributed by atoms with van der Waals surface area (Å²) in [6.07, 6.45) is 0. The quantitative estimate of drug-likeness (QED) is 0.802. The van der Waals surface area contributed by atoms with Crippen molar-refractivity contribution in [3.63, 3.8) is 0 Å². The fourth-order valence-electron chi connectivity index (χ4n) is 1.44. The normalized spacial score (nSPS) is 20.7. The third-order valence-electron chi connectivity index (χ3n) is 2.22. The number of amides is 1. The Hall–Kier alpha value is -0.940. The summed E-state index contributed by atoms with van der Waals surface area (Å²) in [5, 5.41) is 3.39. The average Bonchev–Trinajstić information content (AvgIpc) is 2.44. The Labute approximate surface area is 102 Å². The predicted octanol–water partition coefficient (Wildman–Crippen LogP) is 2.06. The number of nitrogens with zero attached hydrogens (tertiary/aromatic N) is 1. The van der Waals surface area contributed by atoms with Gasteiger partial charge in [0.15, 0.2) is 5.11 Å². The first-order valence-corrected chi connectivity index (χ1v) is 5.70. The fourth-order valence-corrected chi connectivity index (χ4v) is 2.08. The van der Waals surface area contributed by atoms with Gasteiger partial charge in [-0.15, -0.1) is 0 Å². The maximum absolute atomic E-state index is 11.8. The van der Waals surface area contributed by atoms with Crippen LogP contribution in [-0.2, 0) is 4.79 Å². The van der Waals surface area contributed by atoms with Crippen LogP contribution in [0.5, 0.6) is 0 Å². The Kier molecular flexibility index (Phi) is 2.75. The highest BCUT2D eigenvalue weighted by molar-refractivity contribution is 9.10. The second-order valence-electron chi connectivity index (χ2n) is 3.32. The molecule has 1 aromatic carbocycles. The van der Waals surface area contributed by atoms with Gasteiger partial charge in [-0.1, -0.05) is 15.9 Å². The first-order chi connectivity index (χ1) is 7.09. The third-order valence-corrected chi connectivity index (χ3v) is 3.05. The van der Waals surface area contributed by atoms with E-state index < -0.39 is 0 Å². The van der Waals surface area contributed by atoms with E-state index in [1.54, 1.807) is 6.92 Å².